The largest absolute Gasteiger partial charge is 2.00 e. The first-order valence-corrected chi connectivity index (χ1v) is 1.75. The Labute approximate surface area is 72.5 Å². The first-order valence-electron chi connectivity index (χ1n) is 1.75. The van der Waals surface area contributed by atoms with Crippen LogP contribution in [0.2, 0.25) is 0 Å². The van der Waals surface area contributed by atoms with Crippen LogP contribution in [0.25, 0.3) is 0 Å². The maximum Gasteiger partial charge on any atom is 2.00 e. The normalized spacial score (nSPS) is 10.0. The van der Waals surface area contributed by atoms with Crippen molar-refractivity contribution in [2.45, 2.75) is 0 Å². The van der Waals surface area contributed by atoms with Crippen molar-refractivity contribution < 1.29 is 57.1 Å². The standard InChI is InChI=1S/2BF4.Mn.H2O/c2*2-1(3,4)5;;/h;;;1H2/q2*-1;+2;. The molecule has 1 nitrogen and oxygen atoms in total. The van der Waals surface area contributed by atoms with Crippen LogP contribution >= 0.6 is 0 Å². The molecule has 2 N–H and O–H groups in total. The summed E-state index contributed by atoms with van der Waals surface area (Å²) in [5, 5.41) is 0. The molecule has 77 valence electrons. The average molecular weight is 247 g/mol. The molecule has 0 aliphatic carbocycles. The molecule has 0 bridgehead atoms. The quantitative estimate of drug-likeness (QED) is 0.461. The fourth-order valence-corrected chi connectivity index (χ4v) is 0. The molecule has 0 aromatic rings. The molecule has 0 saturated carbocycles. The summed E-state index contributed by atoms with van der Waals surface area (Å²) in [5.41, 5.74) is 0. The summed E-state index contributed by atoms with van der Waals surface area (Å²) in [6.45, 7) is 0. The van der Waals surface area contributed by atoms with Crippen LogP contribution < -0.4 is 0 Å². The van der Waals surface area contributed by atoms with E-state index in [1.807, 2.05) is 0 Å². The molecule has 0 aromatic carbocycles. The summed E-state index contributed by atoms with van der Waals surface area (Å²) in [5.74, 6) is 0. The van der Waals surface area contributed by atoms with E-state index in [4.69, 9.17) is 0 Å². The van der Waals surface area contributed by atoms with Gasteiger partial charge in [-0.3, -0.25) is 0 Å². The summed E-state index contributed by atoms with van der Waals surface area (Å²) in [7, 11) is -12.0. The van der Waals surface area contributed by atoms with Gasteiger partial charge in [0, 0.05) is 0 Å². The van der Waals surface area contributed by atoms with Gasteiger partial charge in [0.1, 0.15) is 0 Å². The second kappa shape index (κ2) is 7.69. The minimum atomic E-state index is -6.00. The van der Waals surface area contributed by atoms with E-state index >= 15 is 0 Å². The molecular weight excluding hydrogens is 245 g/mol. The van der Waals surface area contributed by atoms with Crippen LogP contribution in [-0.2, 0) is 17.1 Å². The summed E-state index contributed by atoms with van der Waals surface area (Å²) < 4.78 is 78.0. The zero-order valence-electron chi connectivity index (χ0n) is 5.06. The van der Waals surface area contributed by atoms with Crippen molar-refractivity contribution >= 4 is 14.5 Å². The van der Waals surface area contributed by atoms with Crippen molar-refractivity contribution in [3.63, 3.8) is 0 Å². The monoisotopic (exact) mass is 247 g/mol. The van der Waals surface area contributed by atoms with E-state index < -0.39 is 14.5 Å². The third-order valence-electron chi connectivity index (χ3n) is 0. The minimum absolute atomic E-state index is 0. The van der Waals surface area contributed by atoms with Crippen LogP contribution in [0.1, 0.15) is 0 Å². The summed E-state index contributed by atoms with van der Waals surface area (Å²) >= 11 is 0. The van der Waals surface area contributed by atoms with Crippen molar-refractivity contribution in [2.24, 2.45) is 0 Å². The van der Waals surface area contributed by atoms with Gasteiger partial charge in [-0.15, -0.1) is 0 Å². The molecule has 0 rings (SSSR count). The van der Waals surface area contributed by atoms with E-state index in [1.165, 1.54) is 0 Å². The predicted octanol–water partition coefficient (Wildman–Crippen LogP) is 1.77. The summed E-state index contributed by atoms with van der Waals surface area (Å²) in [6.07, 6.45) is 0. The Morgan fingerprint density at radius 2 is 0.500 bits per heavy atom. The molecule has 1 radical (unpaired) electrons. The molecule has 0 fully saturated rings. The number of halogens is 8. The van der Waals surface area contributed by atoms with Gasteiger partial charge >= 0.3 is 31.6 Å². The third kappa shape index (κ3) is 338000. The van der Waals surface area contributed by atoms with E-state index in [-0.39, 0.29) is 22.5 Å². The molecular formula is H2B2F8MnO. The van der Waals surface area contributed by atoms with Crippen LogP contribution in [0.5, 0.6) is 0 Å². The zero-order valence-corrected chi connectivity index (χ0v) is 6.24. The van der Waals surface area contributed by atoms with E-state index in [0.717, 1.165) is 0 Å². The van der Waals surface area contributed by atoms with Gasteiger partial charge in [-0.2, -0.15) is 0 Å². The van der Waals surface area contributed by atoms with Gasteiger partial charge in [0.25, 0.3) is 0 Å². The van der Waals surface area contributed by atoms with E-state index in [9.17, 15) is 34.5 Å². The Morgan fingerprint density at radius 3 is 0.500 bits per heavy atom. The molecule has 0 saturated heterocycles. The molecule has 0 spiro atoms. The molecule has 0 atom stereocenters. The predicted molar refractivity (Wildman–Crippen MR) is 24.0 cm³/mol. The Morgan fingerprint density at radius 1 is 0.500 bits per heavy atom. The van der Waals surface area contributed by atoms with E-state index in [1.54, 1.807) is 0 Å². The fourth-order valence-electron chi connectivity index (χ4n) is 0. The molecule has 0 aromatic heterocycles. The van der Waals surface area contributed by atoms with Crippen molar-refractivity contribution in [2.75, 3.05) is 0 Å². The Hall–Kier alpha value is 0.0494. The van der Waals surface area contributed by atoms with Gasteiger partial charge in [0.2, 0.25) is 0 Å². The van der Waals surface area contributed by atoms with Crippen molar-refractivity contribution in [1.29, 1.82) is 0 Å². The minimum Gasteiger partial charge on any atom is -0.418 e. The summed E-state index contributed by atoms with van der Waals surface area (Å²) in [6, 6.07) is 0. The zero-order chi connectivity index (χ0) is 9.00. The Bertz CT molecular complexity index is 60.0. The van der Waals surface area contributed by atoms with E-state index in [2.05, 4.69) is 0 Å². The molecule has 0 aliphatic rings. The third-order valence-corrected chi connectivity index (χ3v) is 0. The van der Waals surface area contributed by atoms with Crippen molar-refractivity contribution in [3.05, 3.63) is 0 Å². The maximum absolute atomic E-state index is 9.75. The van der Waals surface area contributed by atoms with Crippen LogP contribution in [0, 0.1) is 0 Å². The van der Waals surface area contributed by atoms with Crippen LogP contribution in [0.3, 0.4) is 0 Å². The van der Waals surface area contributed by atoms with Gasteiger partial charge in [0.15, 0.2) is 0 Å². The van der Waals surface area contributed by atoms with E-state index in [0.29, 0.717) is 0 Å². The summed E-state index contributed by atoms with van der Waals surface area (Å²) in [4.78, 5) is 0. The Balaban J connectivity index is -0.0000000457. The molecule has 12 heavy (non-hydrogen) atoms. The van der Waals surface area contributed by atoms with Gasteiger partial charge < -0.3 is 40.0 Å². The topological polar surface area (TPSA) is 31.5 Å². The first kappa shape index (κ1) is 22.7. The number of rotatable bonds is 0. The smallest absolute Gasteiger partial charge is 0.418 e. The van der Waals surface area contributed by atoms with Crippen LogP contribution in [0.4, 0.5) is 34.5 Å². The van der Waals surface area contributed by atoms with Gasteiger partial charge in [-0.1, -0.05) is 0 Å². The fraction of sp³-hybridized carbons (Fsp3) is 0. The molecule has 0 heterocycles. The van der Waals surface area contributed by atoms with Crippen LogP contribution in [-0.4, -0.2) is 20.0 Å². The van der Waals surface area contributed by atoms with Crippen molar-refractivity contribution in [1.82, 2.24) is 0 Å². The number of hydrogen-bond acceptors (Lipinski definition) is 0. The molecule has 0 unspecified atom stereocenters. The molecule has 12 heteroatoms. The first-order chi connectivity index (χ1) is 4.00. The SMILES string of the molecule is F[B-](F)(F)F.F[B-](F)(F)F.O.[Mn+2]. The van der Waals surface area contributed by atoms with Crippen molar-refractivity contribution in [3.8, 4) is 0 Å². The second-order valence-corrected chi connectivity index (χ2v) is 0.990. The van der Waals surface area contributed by atoms with Gasteiger partial charge in [-0.05, 0) is 0 Å². The maximum atomic E-state index is 9.75. The molecule has 0 amide bonds. The Kier molecular flexibility index (Phi) is 14.5. The second-order valence-electron chi connectivity index (χ2n) is 0.990. The van der Waals surface area contributed by atoms with Gasteiger partial charge in [-0.25, -0.2) is 0 Å². The van der Waals surface area contributed by atoms with Crippen LogP contribution in [0.15, 0.2) is 0 Å². The average Bonchev–Trinajstić information content (AvgIpc) is 1.12. The molecule has 0 aliphatic heterocycles. The van der Waals surface area contributed by atoms with Gasteiger partial charge in [0.05, 0.1) is 0 Å². The number of hydrogen-bond donors (Lipinski definition) is 0.